The molecule has 4 rings (SSSR count). The molecule has 0 aromatic heterocycles. The molecule has 1 aliphatic carbocycles. The molecule has 7 nitrogen and oxygen atoms in total. The van der Waals surface area contributed by atoms with Crippen molar-refractivity contribution in [1.82, 2.24) is 20.4 Å². The molecule has 0 radical (unpaired) electrons. The fourth-order valence-corrected chi connectivity index (χ4v) is 5.28. The van der Waals surface area contributed by atoms with E-state index in [4.69, 9.17) is 0 Å². The van der Waals surface area contributed by atoms with E-state index in [9.17, 15) is 14.4 Å². The van der Waals surface area contributed by atoms with Gasteiger partial charge in [0.25, 0.3) is 5.91 Å². The maximum absolute atomic E-state index is 13.0. The summed E-state index contributed by atoms with van der Waals surface area (Å²) < 4.78 is 0. The van der Waals surface area contributed by atoms with E-state index in [1.54, 1.807) is 0 Å². The molecule has 2 heterocycles. The van der Waals surface area contributed by atoms with Crippen LogP contribution < -0.4 is 10.6 Å². The van der Waals surface area contributed by atoms with Crippen LogP contribution in [-0.2, 0) is 22.7 Å². The van der Waals surface area contributed by atoms with Crippen LogP contribution in [0, 0.1) is 11.8 Å². The first-order valence-electron chi connectivity index (χ1n) is 12.1. The van der Waals surface area contributed by atoms with E-state index in [-0.39, 0.29) is 24.3 Å². The maximum Gasteiger partial charge on any atom is 0.325 e. The first-order chi connectivity index (χ1) is 15.4. The third kappa shape index (κ3) is 4.82. The van der Waals surface area contributed by atoms with Crippen LogP contribution in [-0.4, -0.2) is 52.8 Å². The van der Waals surface area contributed by atoms with Crippen molar-refractivity contribution in [3.63, 3.8) is 0 Å². The zero-order valence-corrected chi connectivity index (χ0v) is 19.4. The van der Waals surface area contributed by atoms with Crippen molar-refractivity contribution in [2.75, 3.05) is 19.6 Å². The molecule has 2 atom stereocenters. The summed E-state index contributed by atoms with van der Waals surface area (Å²) in [5.41, 5.74) is 1.46. The molecule has 2 aliphatic heterocycles. The molecule has 1 aromatic carbocycles. The van der Waals surface area contributed by atoms with Gasteiger partial charge in [-0.25, -0.2) is 4.79 Å². The van der Waals surface area contributed by atoms with Crippen LogP contribution in [0.1, 0.15) is 63.5 Å². The number of likely N-dealkylation sites (tertiary alicyclic amines) is 1. The number of carbonyl (C=O) groups is 3. The second kappa shape index (κ2) is 9.61. The Morgan fingerprint density at radius 1 is 1.06 bits per heavy atom. The molecular formula is C25H36N4O3. The fourth-order valence-electron chi connectivity index (χ4n) is 5.28. The van der Waals surface area contributed by atoms with E-state index in [1.165, 1.54) is 18.4 Å². The van der Waals surface area contributed by atoms with E-state index >= 15 is 0 Å². The molecule has 7 heteroatoms. The lowest BCUT2D eigenvalue weighted by atomic mass is 9.73. The average molecular weight is 441 g/mol. The van der Waals surface area contributed by atoms with Crippen LogP contribution in [0.3, 0.4) is 0 Å². The minimum absolute atomic E-state index is 0.0904. The van der Waals surface area contributed by atoms with Crippen LogP contribution in [0.25, 0.3) is 0 Å². The van der Waals surface area contributed by atoms with Crippen molar-refractivity contribution in [2.45, 2.75) is 71.0 Å². The van der Waals surface area contributed by atoms with Gasteiger partial charge in [0.2, 0.25) is 5.91 Å². The zero-order valence-electron chi connectivity index (χ0n) is 19.4. The molecule has 2 saturated heterocycles. The van der Waals surface area contributed by atoms with Gasteiger partial charge in [0.15, 0.2) is 0 Å². The van der Waals surface area contributed by atoms with Gasteiger partial charge in [-0.2, -0.15) is 0 Å². The first-order valence-corrected chi connectivity index (χ1v) is 12.1. The molecule has 1 spiro atoms. The van der Waals surface area contributed by atoms with Crippen molar-refractivity contribution in [3.05, 3.63) is 35.4 Å². The number of hydrogen-bond acceptors (Lipinski definition) is 4. The Kier molecular flexibility index (Phi) is 6.84. The Morgan fingerprint density at radius 2 is 1.75 bits per heavy atom. The van der Waals surface area contributed by atoms with E-state index < -0.39 is 11.6 Å². The zero-order chi connectivity index (χ0) is 22.7. The number of amides is 4. The summed E-state index contributed by atoms with van der Waals surface area (Å²) in [6.45, 7) is 7.75. The molecule has 32 heavy (non-hydrogen) atoms. The minimum Gasteiger partial charge on any atom is -0.350 e. The molecular weight excluding hydrogens is 404 g/mol. The molecule has 0 bridgehead atoms. The topological polar surface area (TPSA) is 81.8 Å². The summed E-state index contributed by atoms with van der Waals surface area (Å²) in [7, 11) is 0. The van der Waals surface area contributed by atoms with E-state index in [2.05, 4.69) is 34.6 Å². The second-order valence-corrected chi connectivity index (χ2v) is 9.99. The number of nitrogens with one attached hydrogen (secondary N) is 2. The molecule has 2 unspecified atom stereocenters. The van der Waals surface area contributed by atoms with Crippen molar-refractivity contribution >= 4 is 17.8 Å². The van der Waals surface area contributed by atoms with Gasteiger partial charge < -0.3 is 10.6 Å². The summed E-state index contributed by atoms with van der Waals surface area (Å²) in [6.07, 6.45) is 6.09. The van der Waals surface area contributed by atoms with Crippen molar-refractivity contribution in [2.24, 2.45) is 11.8 Å². The molecule has 174 valence electrons. The quantitative estimate of drug-likeness (QED) is 0.666. The summed E-state index contributed by atoms with van der Waals surface area (Å²) in [5.74, 6) is 0.352. The highest BCUT2D eigenvalue weighted by Gasteiger charge is 2.55. The number of nitrogens with zero attached hydrogens (tertiary/aromatic N) is 2. The number of carbonyl (C=O) groups excluding carboxylic acids is 3. The molecule has 4 amide bonds. The number of benzene rings is 1. The van der Waals surface area contributed by atoms with Crippen LogP contribution in [0.5, 0.6) is 0 Å². The van der Waals surface area contributed by atoms with Gasteiger partial charge in [-0.1, -0.05) is 51.0 Å². The Bertz CT molecular complexity index is 847. The monoisotopic (exact) mass is 440 g/mol. The summed E-state index contributed by atoms with van der Waals surface area (Å²) in [5, 5.41) is 5.75. The van der Waals surface area contributed by atoms with Gasteiger partial charge in [0.05, 0.1) is 0 Å². The largest absolute Gasteiger partial charge is 0.350 e. The number of piperidine rings is 1. The van der Waals surface area contributed by atoms with Gasteiger partial charge in [0, 0.05) is 13.1 Å². The summed E-state index contributed by atoms with van der Waals surface area (Å²) >= 11 is 0. The van der Waals surface area contributed by atoms with Gasteiger partial charge in [0.1, 0.15) is 12.1 Å². The van der Waals surface area contributed by atoms with Gasteiger partial charge in [-0.05, 0) is 61.7 Å². The van der Waals surface area contributed by atoms with Gasteiger partial charge in [-0.15, -0.1) is 0 Å². The summed E-state index contributed by atoms with van der Waals surface area (Å²) in [6, 6.07) is 7.86. The number of hydrogen-bond donors (Lipinski definition) is 2. The highest BCUT2D eigenvalue weighted by atomic mass is 16.2. The van der Waals surface area contributed by atoms with Crippen molar-refractivity contribution in [1.29, 1.82) is 0 Å². The Hall–Kier alpha value is -2.41. The lowest BCUT2D eigenvalue weighted by molar-refractivity contribution is -0.137. The third-order valence-corrected chi connectivity index (χ3v) is 7.60. The smallest absolute Gasteiger partial charge is 0.325 e. The Labute approximate surface area is 190 Å². The molecule has 1 saturated carbocycles. The van der Waals surface area contributed by atoms with Crippen LogP contribution >= 0.6 is 0 Å². The molecule has 3 fully saturated rings. The predicted octanol–water partition coefficient (Wildman–Crippen LogP) is 3.04. The first kappa shape index (κ1) is 22.8. The van der Waals surface area contributed by atoms with Crippen molar-refractivity contribution in [3.8, 4) is 0 Å². The highest BCUT2D eigenvalue weighted by Crippen LogP contribution is 2.38. The second-order valence-electron chi connectivity index (χ2n) is 9.99. The predicted molar refractivity (Wildman–Crippen MR) is 123 cm³/mol. The summed E-state index contributed by atoms with van der Waals surface area (Å²) in [4.78, 5) is 41.5. The standard InChI is InChI=1S/C25H36N4O3/c1-18-10-13-28(14-11-18)16-21-8-6-20(7-9-21)15-26-22(30)17-29-23(31)25(27-24(29)32)12-4-3-5-19(25)2/h6-9,18-19H,3-5,10-17H2,1-2H3,(H,26,30)(H,27,32). The third-order valence-electron chi connectivity index (χ3n) is 7.60. The Balaban J connectivity index is 1.26. The molecule has 2 N–H and O–H groups in total. The minimum atomic E-state index is -0.822. The number of rotatable bonds is 6. The fraction of sp³-hybridized carbons (Fsp3) is 0.640. The van der Waals surface area contributed by atoms with E-state index in [0.29, 0.717) is 13.0 Å². The average Bonchev–Trinajstić information content (AvgIpc) is 3.02. The number of urea groups is 1. The van der Waals surface area contributed by atoms with Crippen LogP contribution in [0.4, 0.5) is 4.79 Å². The Morgan fingerprint density at radius 3 is 2.44 bits per heavy atom. The van der Waals surface area contributed by atoms with Crippen LogP contribution in [0.15, 0.2) is 24.3 Å². The van der Waals surface area contributed by atoms with Gasteiger partial charge >= 0.3 is 6.03 Å². The van der Waals surface area contributed by atoms with Crippen LogP contribution in [0.2, 0.25) is 0 Å². The van der Waals surface area contributed by atoms with Gasteiger partial charge in [-0.3, -0.25) is 19.4 Å². The normalized spacial score (nSPS) is 27.1. The van der Waals surface area contributed by atoms with E-state index in [0.717, 1.165) is 55.3 Å². The lowest BCUT2D eigenvalue weighted by Gasteiger charge is -2.36. The van der Waals surface area contributed by atoms with Crippen molar-refractivity contribution < 1.29 is 14.4 Å². The maximum atomic E-state index is 13.0. The lowest BCUT2D eigenvalue weighted by Crippen LogP contribution is -2.54. The SMILES string of the molecule is CC1CCN(Cc2ccc(CNC(=O)CN3C(=O)NC4(CCCCC4C)C3=O)cc2)CC1. The number of imide groups is 1. The highest BCUT2D eigenvalue weighted by molar-refractivity contribution is 6.09. The molecule has 3 aliphatic rings. The van der Waals surface area contributed by atoms with E-state index in [1.807, 2.05) is 19.1 Å². The molecule has 1 aromatic rings.